The summed E-state index contributed by atoms with van der Waals surface area (Å²) in [6, 6.07) is 4.09. The van der Waals surface area contributed by atoms with Crippen LogP contribution < -0.4 is 10.6 Å². The summed E-state index contributed by atoms with van der Waals surface area (Å²) < 4.78 is 0. The third kappa shape index (κ3) is 5.95. The molecule has 3 heterocycles. The molecular weight excluding hydrogens is 386 g/mol. The Balaban J connectivity index is 1.72. The van der Waals surface area contributed by atoms with Gasteiger partial charge >= 0.3 is 0 Å². The number of nitrogens with zero attached hydrogens (tertiary/aromatic N) is 5. The number of likely N-dealkylation sites (tertiary alicyclic amines) is 1. The molecule has 1 aliphatic rings. The molecule has 2 aromatic rings. The summed E-state index contributed by atoms with van der Waals surface area (Å²) in [7, 11) is 0. The number of carbonyl (C=O) groups excluding carboxylic acids is 1. The average molecular weight is 414 g/mol. The van der Waals surface area contributed by atoms with Crippen LogP contribution in [0.1, 0.15) is 61.5 Å². The number of amides is 1. The van der Waals surface area contributed by atoms with Crippen molar-refractivity contribution in [1.82, 2.24) is 25.2 Å². The summed E-state index contributed by atoms with van der Waals surface area (Å²) in [4.78, 5) is 28.1. The van der Waals surface area contributed by atoms with Gasteiger partial charge in [0.1, 0.15) is 17.3 Å². The number of piperidine rings is 1. The van der Waals surface area contributed by atoms with Gasteiger partial charge in [0, 0.05) is 35.1 Å². The molecule has 1 atom stereocenters. The van der Waals surface area contributed by atoms with Gasteiger partial charge in [-0.25, -0.2) is 15.0 Å². The van der Waals surface area contributed by atoms with E-state index >= 15 is 0 Å². The Labute approximate surface area is 175 Å². The van der Waals surface area contributed by atoms with Crippen LogP contribution in [0.15, 0.2) is 11.4 Å². The van der Waals surface area contributed by atoms with E-state index in [2.05, 4.69) is 31.6 Å². The van der Waals surface area contributed by atoms with E-state index in [0.29, 0.717) is 23.2 Å². The predicted molar refractivity (Wildman–Crippen MR) is 113 cm³/mol. The minimum Gasteiger partial charge on any atom is -0.346 e. The quantitative estimate of drug-likeness (QED) is 0.725. The number of anilines is 2. The Morgan fingerprint density at radius 1 is 1.38 bits per heavy atom. The standard InChI is InChI=1S/C20H27N7OS/c1-13-10-16(24-17(22-13)14-6-5-8-27(11-14)9-7-21)25-19-23-15(12-29-19)18(28)26-20(2,3)4/h10,12,14H,5-6,8-9,11H2,1-4H3,(H,26,28)(H,22,23,24,25). The molecule has 0 spiro atoms. The number of hydrogen-bond donors (Lipinski definition) is 2. The highest BCUT2D eigenvalue weighted by atomic mass is 32.1. The highest BCUT2D eigenvalue weighted by Crippen LogP contribution is 2.27. The Morgan fingerprint density at radius 2 is 2.17 bits per heavy atom. The van der Waals surface area contributed by atoms with E-state index in [1.165, 1.54) is 11.3 Å². The minimum atomic E-state index is -0.313. The Bertz CT molecular complexity index is 912. The Hall–Kier alpha value is -2.57. The number of hydrogen-bond acceptors (Lipinski definition) is 8. The van der Waals surface area contributed by atoms with Crippen molar-refractivity contribution >= 4 is 28.2 Å². The van der Waals surface area contributed by atoms with E-state index < -0.39 is 0 Å². The van der Waals surface area contributed by atoms with Gasteiger partial charge in [0.15, 0.2) is 5.13 Å². The summed E-state index contributed by atoms with van der Waals surface area (Å²) in [5.74, 6) is 1.47. The molecule has 0 bridgehead atoms. The monoisotopic (exact) mass is 413 g/mol. The Kier molecular flexibility index (Phi) is 6.45. The molecule has 2 N–H and O–H groups in total. The van der Waals surface area contributed by atoms with Gasteiger partial charge in [-0.3, -0.25) is 9.69 Å². The first-order valence-corrected chi connectivity index (χ1v) is 10.6. The van der Waals surface area contributed by atoms with Crippen molar-refractivity contribution in [3.05, 3.63) is 28.7 Å². The molecule has 29 heavy (non-hydrogen) atoms. The van der Waals surface area contributed by atoms with E-state index in [9.17, 15) is 4.79 Å². The lowest BCUT2D eigenvalue weighted by Gasteiger charge is -2.30. The molecule has 1 aliphatic heterocycles. The van der Waals surface area contributed by atoms with Gasteiger partial charge in [0.05, 0.1) is 12.6 Å². The fourth-order valence-corrected chi connectivity index (χ4v) is 4.00. The van der Waals surface area contributed by atoms with E-state index in [1.807, 2.05) is 33.8 Å². The second kappa shape index (κ2) is 8.84. The van der Waals surface area contributed by atoms with Crippen molar-refractivity contribution in [3.63, 3.8) is 0 Å². The fourth-order valence-electron chi connectivity index (χ4n) is 3.30. The zero-order chi connectivity index (χ0) is 21.0. The number of nitriles is 1. The molecule has 0 saturated carbocycles. The molecule has 0 radical (unpaired) electrons. The van der Waals surface area contributed by atoms with Crippen LogP contribution in [0.2, 0.25) is 0 Å². The predicted octanol–water partition coefficient (Wildman–Crippen LogP) is 3.22. The van der Waals surface area contributed by atoms with Crippen molar-refractivity contribution in [2.75, 3.05) is 25.0 Å². The molecule has 1 fully saturated rings. The SMILES string of the molecule is Cc1cc(Nc2nc(C(=O)NC(C)(C)C)cs2)nc(C2CCCN(CC#N)C2)n1. The van der Waals surface area contributed by atoms with Crippen LogP contribution in [0.5, 0.6) is 0 Å². The largest absolute Gasteiger partial charge is 0.346 e. The van der Waals surface area contributed by atoms with Crippen molar-refractivity contribution < 1.29 is 4.79 Å². The highest BCUT2D eigenvalue weighted by molar-refractivity contribution is 7.14. The maximum atomic E-state index is 12.3. The van der Waals surface area contributed by atoms with Crippen LogP contribution in [0.4, 0.5) is 10.9 Å². The number of aromatic nitrogens is 3. The highest BCUT2D eigenvalue weighted by Gasteiger charge is 2.24. The van der Waals surface area contributed by atoms with Gasteiger partial charge in [-0.2, -0.15) is 5.26 Å². The molecular formula is C20H27N7OS. The van der Waals surface area contributed by atoms with Gasteiger partial charge in [-0.1, -0.05) is 0 Å². The van der Waals surface area contributed by atoms with Crippen LogP contribution >= 0.6 is 11.3 Å². The van der Waals surface area contributed by atoms with E-state index in [-0.39, 0.29) is 17.4 Å². The first-order valence-electron chi connectivity index (χ1n) is 9.73. The lowest BCUT2D eigenvalue weighted by molar-refractivity contribution is 0.0915. The average Bonchev–Trinajstić information content (AvgIpc) is 3.09. The second-order valence-corrected chi connectivity index (χ2v) is 9.21. The number of rotatable bonds is 5. The molecule has 2 aromatic heterocycles. The van der Waals surface area contributed by atoms with Crippen LogP contribution in [0, 0.1) is 18.3 Å². The normalized spacial score (nSPS) is 17.6. The van der Waals surface area contributed by atoms with Gasteiger partial charge in [-0.15, -0.1) is 11.3 Å². The molecule has 0 aliphatic carbocycles. The van der Waals surface area contributed by atoms with Gasteiger partial charge in [0.2, 0.25) is 0 Å². The van der Waals surface area contributed by atoms with Gasteiger partial charge in [-0.05, 0) is 47.1 Å². The first kappa shape index (κ1) is 21.1. The van der Waals surface area contributed by atoms with Crippen LogP contribution in [-0.2, 0) is 0 Å². The van der Waals surface area contributed by atoms with Gasteiger partial charge < -0.3 is 10.6 Å². The van der Waals surface area contributed by atoms with Crippen molar-refractivity contribution in [2.24, 2.45) is 0 Å². The molecule has 1 saturated heterocycles. The molecule has 154 valence electrons. The topological polar surface area (TPSA) is 107 Å². The summed E-state index contributed by atoms with van der Waals surface area (Å²) in [5.41, 5.74) is 0.946. The molecule has 1 amide bonds. The molecule has 1 unspecified atom stereocenters. The minimum absolute atomic E-state index is 0.193. The number of carbonyl (C=O) groups is 1. The fraction of sp³-hybridized carbons (Fsp3) is 0.550. The van der Waals surface area contributed by atoms with E-state index in [4.69, 9.17) is 10.2 Å². The molecule has 9 heteroatoms. The summed E-state index contributed by atoms with van der Waals surface area (Å²) >= 11 is 1.37. The summed E-state index contributed by atoms with van der Waals surface area (Å²) in [5, 5.41) is 17.4. The maximum Gasteiger partial charge on any atom is 0.271 e. The molecule has 8 nitrogen and oxygen atoms in total. The summed E-state index contributed by atoms with van der Waals surface area (Å²) in [6.07, 6.45) is 2.05. The van der Waals surface area contributed by atoms with Crippen LogP contribution in [0.25, 0.3) is 0 Å². The van der Waals surface area contributed by atoms with E-state index in [0.717, 1.165) is 37.4 Å². The lowest BCUT2D eigenvalue weighted by atomic mass is 9.97. The van der Waals surface area contributed by atoms with Crippen LogP contribution in [0.3, 0.4) is 0 Å². The number of nitrogens with one attached hydrogen (secondary N) is 2. The zero-order valence-corrected chi connectivity index (χ0v) is 18.1. The smallest absolute Gasteiger partial charge is 0.271 e. The third-order valence-electron chi connectivity index (χ3n) is 4.50. The summed E-state index contributed by atoms with van der Waals surface area (Å²) in [6.45, 7) is 9.92. The third-order valence-corrected chi connectivity index (χ3v) is 5.25. The number of aryl methyl sites for hydroxylation is 1. The van der Waals surface area contributed by atoms with Crippen LogP contribution in [-0.4, -0.2) is 50.9 Å². The first-order chi connectivity index (χ1) is 13.7. The maximum absolute atomic E-state index is 12.3. The van der Waals surface area contributed by atoms with Crippen molar-refractivity contribution in [3.8, 4) is 6.07 Å². The van der Waals surface area contributed by atoms with Crippen molar-refractivity contribution in [1.29, 1.82) is 5.26 Å². The number of thiazole rings is 1. The lowest BCUT2D eigenvalue weighted by Crippen LogP contribution is -2.40. The van der Waals surface area contributed by atoms with Crippen molar-refractivity contribution in [2.45, 2.75) is 52.0 Å². The zero-order valence-electron chi connectivity index (χ0n) is 17.3. The Morgan fingerprint density at radius 3 is 2.90 bits per heavy atom. The van der Waals surface area contributed by atoms with Gasteiger partial charge in [0.25, 0.3) is 5.91 Å². The molecule has 3 rings (SSSR count). The molecule has 0 aromatic carbocycles. The van der Waals surface area contributed by atoms with E-state index in [1.54, 1.807) is 5.38 Å². The second-order valence-electron chi connectivity index (χ2n) is 8.35.